The molecule has 0 aliphatic heterocycles. The summed E-state index contributed by atoms with van der Waals surface area (Å²) >= 11 is 0. The first-order valence-corrected chi connectivity index (χ1v) is 7.26. The fourth-order valence-corrected chi connectivity index (χ4v) is 2.86. The Morgan fingerprint density at radius 2 is 1.95 bits per heavy atom. The van der Waals surface area contributed by atoms with Crippen LogP contribution >= 0.6 is 24.8 Å². The number of halogens is 2. The molecule has 0 bridgehead atoms. The molecule has 2 aromatic rings. The summed E-state index contributed by atoms with van der Waals surface area (Å²) < 4.78 is 2.03. The third-order valence-electron chi connectivity index (χ3n) is 3.96. The molecule has 3 rings (SSSR count). The average molecular weight is 332 g/mol. The zero-order valence-corrected chi connectivity index (χ0v) is 13.7. The van der Waals surface area contributed by atoms with Crippen LogP contribution in [0.1, 0.15) is 43.5 Å². The summed E-state index contributed by atoms with van der Waals surface area (Å²) in [6.07, 6.45) is 14.4. The van der Waals surface area contributed by atoms with Crippen LogP contribution in [0.25, 0.3) is 0 Å². The smallest absolute Gasteiger partial charge is 0.0921 e. The lowest BCUT2D eigenvalue weighted by molar-refractivity contribution is 0.305. The topological polar surface area (TPSA) is 59.4 Å². The van der Waals surface area contributed by atoms with Crippen LogP contribution in [0.2, 0.25) is 0 Å². The van der Waals surface area contributed by atoms with Crippen LogP contribution in [-0.4, -0.2) is 25.0 Å². The van der Waals surface area contributed by atoms with Gasteiger partial charge in [-0.05, 0) is 31.6 Å². The van der Waals surface area contributed by atoms with Gasteiger partial charge in [-0.15, -0.1) is 29.9 Å². The minimum atomic E-state index is 0. The Balaban J connectivity index is 0.00000110. The lowest BCUT2D eigenvalue weighted by Gasteiger charge is -2.20. The zero-order chi connectivity index (χ0) is 12.9. The number of nitrogens with zero attached hydrogens (tertiary/aromatic N) is 4. The maximum Gasteiger partial charge on any atom is 0.0921 e. The molecular formula is C14H23Cl2N5. The fraction of sp³-hybridized carbons (Fsp3) is 0.643. The minimum Gasteiger partial charge on any atom is -0.348 e. The van der Waals surface area contributed by atoms with Crippen LogP contribution < -0.4 is 0 Å². The molecule has 118 valence electrons. The lowest BCUT2D eigenvalue weighted by Crippen LogP contribution is -2.14. The van der Waals surface area contributed by atoms with Gasteiger partial charge < -0.3 is 4.98 Å². The van der Waals surface area contributed by atoms with Gasteiger partial charge in [-0.25, -0.2) is 4.98 Å². The molecule has 0 unspecified atom stereocenters. The third kappa shape index (κ3) is 5.32. The van der Waals surface area contributed by atoms with E-state index in [4.69, 9.17) is 0 Å². The van der Waals surface area contributed by atoms with Gasteiger partial charge in [0.15, 0.2) is 0 Å². The summed E-state index contributed by atoms with van der Waals surface area (Å²) in [6.45, 7) is 1.04. The third-order valence-corrected chi connectivity index (χ3v) is 3.96. The van der Waals surface area contributed by atoms with Crippen molar-refractivity contribution in [3.63, 3.8) is 0 Å². The predicted octanol–water partition coefficient (Wildman–Crippen LogP) is 3.21. The SMILES string of the molecule is Cl.Cl.c1ncc(CCc2cn(CC3CCCCC3)nn2)[nH]1. The van der Waals surface area contributed by atoms with Crippen LogP contribution in [0.4, 0.5) is 0 Å². The summed E-state index contributed by atoms with van der Waals surface area (Å²) in [6, 6.07) is 0. The Bertz CT molecular complexity index is 491. The van der Waals surface area contributed by atoms with Gasteiger partial charge in [-0.3, -0.25) is 4.68 Å². The second kappa shape index (κ2) is 9.05. The van der Waals surface area contributed by atoms with Crippen molar-refractivity contribution >= 4 is 24.8 Å². The van der Waals surface area contributed by atoms with Crippen molar-refractivity contribution in [1.29, 1.82) is 0 Å². The van der Waals surface area contributed by atoms with Gasteiger partial charge in [-0.2, -0.15) is 0 Å². The maximum absolute atomic E-state index is 4.26. The molecule has 0 radical (unpaired) electrons. The predicted molar refractivity (Wildman–Crippen MR) is 87.1 cm³/mol. The Morgan fingerprint density at radius 1 is 1.14 bits per heavy atom. The average Bonchev–Trinajstić information content (AvgIpc) is 3.09. The van der Waals surface area contributed by atoms with Crippen molar-refractivity contribution in [3.8, 4) is 0 Å². The Hall–Kier alpha value is -1.07. The summed E-state index contributed by atoms with van der Waals surface area (Å²) in [5, 5.41) is 8.51. The number of aromatic nitrogens is 5. The van der Waals surface area contributed by atoms with E-state index in [1.54, 1.807) is 6.33 Å². The lowest BCUT2D eigenvalue weighted by atomic mass is 9.89. The normalized spacial score (nSPS) is 15.2. The van der Waals surface area contributed by atoms with Gasteiger partial charge in [0.25, 0.3) is 0 Å². The van der Waals surface area contributed by atoms with Gasteiger partial charge in [-0.1, -0.05) is 24.5 Å². The summed E-state index contributed by atoms with van der Waals surface area (Å²) in [7, 11) is 0. The van der Waals surface area contributed by atoms with Crippen molar-refractivity contribution in [1.82, 2.24) is 25.0 Å². The molecule has 5 nitrogen and oxygen atoms in total. The Labute approximate surface area is 137 Å². The van der Waals surface area contributed by atoms with E-state index in [1.807, 2.05) is 10.9 Å². The quantitative estimate of drug-likeness (QED) is 0.915. The van der Waals surface area contributed by atoms with Crippen LogP contribution in [0, 0.1) is 5.92 Å². The van der Waals surface area contributed by atoms with Gasteiger partial charge in [0.1, 0.15) is 0 Å². The molecule has 1 aliphatic carbocycles. The highest BCUT2D eigenvalue weighted by atomic mass is 35.5. The molecule has 2 aromatic heterocycles. The van der Waals surface area contributed by atoms with Crippen molar-refractivity contribution in [2.45, 2.75) is 51.5 Å². The second-order valence-corrected chi connectivity index (χ2v) is 5.51. The molecule has 0 atom stereocenters. The first kappa shape index (κ1) is 18.0. The summed E-state index contributed by atoms with van der Waals surface area (Å²) in [5.41, 5.74) is 2.23. The number of nitrogens with one attached hydrogen (secondary N) is 1. The molecule has 0 aromatic carbocycles. The zero-order valence-electron chi connectivity index (χ0n) is 12.1. The summed E-state index contributed by atoms with van der Waals surface area (Å²) in [5.74, 6) is 0.802. The first-order chi connectivity index (χ1) is 9.40. The Morgan fingerprint density at radius 3 is 2.67 bits per heavy atom. The van der Waals surface area contributed by atoms with Crippen molar-refractivity contribution < 1.29 is 0 Å². The van der Waals surface area contributed by atoms with Crippen LogP contribution in [0.15, 0.2) is 18.7 Å². The highest BCUT2D eigenvalue weighted by molar-refractivity contribution is 5.85. The monoisotopic (exact) mass is 331 g/mol. The van der Waals surface area contributed by atoms with Crippen LogP contribution in [0.3, 0.4) is 0 Å². The van der Waals surface area contributed by atoms with Gasteiger partial charge in [0.05, 0.1) is 12.0 Å². The van der Waals surface area contributed by atoms with E-state index in [0.717, 1.165) is 36.7 Å². The number of rotatable bonds is 5. The highest BCUT2D eigenvalue weighted by Gasteiger charge is 2.14. The molecule has 0 spiro atoms. The molecule has 1 N–H and O–H groups in total. The number of aromatic amines is 1. The van der Waals surface area contributed by atoms with Gasteiger partial charge in [0, 0.05) is 24.6 Å². The van der Waals surface area contributed by atoms with Crippen molar-refractivity contribution in [3.05, 3.63) is 30.1 Å². The number of imidazole rings is 1. The Kier molecular flexibility index (Phi) is 7.75. The summed E-state index contributed by atoms with van der Waals surface area (Å²) in [4.78, 5) is 7.13. The molecule has 7 heteroatoms. The largest absolute Gasteiger partial charge is 0.348 e. The van der Waals surface area contributed by atoms with E-state index in [2.05, 4.69) is 26.5 Å². The van der Waals surface area contributed by atoms with Crippen molar-refractivity contribution in [2.24, 2.45) is 5.92 Å². The van der Waals surface area contributed by atoms with E-state index in [9.17, 15) is 0 Å². The number of hydrogen-bond donors (Lipinski definition) is 1. The van der Waals surface area contributed by atoms with E-state index in [0.29, 0.717) is 0 Å². The molecule has 1 saturated carbocycles. The molecule has 1 fully saturated rings. The van der Waals surface area contributed by atoms with Crippen LogP contribution in [0.5, 0.6) is 0 Å². The van der Waals surface area contributed by atoms with E-state index in [-0.39, 0.29) is 24.8 Å². The molecular weight excluding hydrogens is 309 g/mol. The van der Waals surface area contributed by atoms with E-state index < -0.39 is 0 Å². The first-order valence-electron chi connectivity index (χ1n) is 7.26. The van der Waals surface area contributed by atoms with Gasteiger partial charge >= 0.3 is 0 Å². The molecule has 1 aliphatic rings. The molecule has 0 amide bonds. The van der Waals surface area contributed by atoms with E-state index >= 15 is 0 Å². The van der Waals surface area contributed by atoms with Crippen LogP contribution in [-0.2, 0) is 19.4 Å². The maximum atomic E-state index is 4.26. The van der Waals surface area contributed by atoms with Crippen molar-refractivity contribution in [2.75, 3.05) is 0 Å². The van der Waals surface area contributed by atoms with E-state index in [1.165, 1.54) is 32.1 Å². The fourth-order valence-electron chi connectivity index (χ4n) is 2.86. The number of aryl methyl sites for hydroxylation is 2. The van der Waals surface area contributed by atoms with Gasteiger partial charge in [0.2, 0.25) is 0 Å². The second-order valence-electron chi connectivity index (χ2n) is 5.51. The highest BCUT2D eigenvalue weighted by Crippen LogP contribution is 2.24. The molecule has 21 heavy (non-hydrogen) atoms. The minimum absolute atomic E-state index is 0. The standard InChI is InChI=1S/C14H21N5.2ClH/c1-2-4-12(5-3-1)9-19-10-14(17-18-19)7-6-13-8-15-11-16-13;;/h8,10-12H,1-7,9H2,(H,15,16);2*1H. The number of hydrogen-bond acceptors (Lipinski definition) is 3. The molecule has 0 saturated heterocycles. The number of H-pyrrole nitrogens is 1. The molecule has 2 heterocycles.